The number of Topliss-reactive ketones (excluding diaryl/α,β-unsaturated/α-hetero) is 1. The Bertz CT molecular complexity index is 1100. The number of carbonyl (C=O) groups is 2. The lowest BCUT2D eigenvalue weighted by atomic mass is 9.96. The first-order valence-corrected chi connectivity index (χ1v) is 9.38. The summed E-state index contributed by atoms with van der Waals surface area (Å²) in [6.45, 7) is 0.957. The van der Waals surface area contributed by atoms with E-state index < -0.39 is 17.7 Å². The van der Waals surface area contributed by atoms with Crippen molar-refractivity contribution in [3.8, 4) is 0 Å². The third-order valence-corrected chi connectivity index (χ3v) is 5.17. The number of carbonyl (C=O) groups excluding carboxylic acids is 2. The van der Waals surface area contributed by atoms with Crippen LogP contribution in [0, 0.1) is 0 Å². The number of aliphatic hydroxyl groups excluding tert-OH is 1. The van der Waals surface area contributed by atoms with E-state index in [1.165, 1.54) is 4.90 Å². The molecule has 0 aliphatic carbocycles. The van der Waals surface area contributed by atoms with Gasteiger partial charge in [0, 0.05) is 48.1 Å². The second-order valence-electron chi connectivity index (χ2n) is 7.33. The second-order valence-corrected chi connectivity index (χ2v) is 7.33. The largest absolute Gasteiger partial charge is 0.507 e. The van der Waals surface area contributed by atoms with Crippen molar-refractivity contribution in [1.82, 2.24) is 19.8 Å². The molecule has 3 aromatic rings. The van der Waals surface area contributed by atoms with Crippen molar-refractivity contribution in [2.45, 2.75) is 6.04 Å². The number of benzene rings is 1. The van der Waals surface area contributed by atoms with Crippen molar-refractivity contribution in [1.29, 1.82) is 0 Å². The van der Waals surface area contributed by atoms with Gasteiger partial charge in [0.05, 0.1) is 11.6 Å². The van der Waals surface area contributed by atoms with Crippen molar-refractivity contribution in [3.63, 3.8) is 0 Å². The number of ketones is 1. The molecular weight excluding hydrogens is 368 g/mol. The Kier molecular flexibility index (Phi) is 4.90. The number of rotatable bonds is 5. The fourth-order valence-electron chi connectivity index (χ4n) is 3.72. The fraction of sp³-hybridized carbons (Fsp3) is 0.227. The van der Waals surface area contributed by atoms with E-state index in [1.807, 2.05) is 49.3 Å². The van der Waals surface area contributed by atoms with Crippen LogP contribution in [0.4, 0.5) is 0 Å². The van der Waals surface area contributed by atoms with Gasteiger partial charge in [0.1, 0.15) is 5.76 Å². The quantitative estimate of drug-likeness (QED) is 0.397. The Morgan fingerprint density at radius 3 is 2.72 bits per heavy atom. The van der Waals surface area contributed by atoms with E-state index in [2.05, 4.69) is 9.97 Å². The topological polar surface area (TPSA) is 89.5 Å². The van der Waals surface area contributed by atoms with Crippen molar-refractivity contribution in [2.75, 3.05) is 27.2 Å². The Morgan fingerprint density at radius 1 is 1.21 bits per heavy atom. The first kappa shape index (κ1) is 18.9. The Morgan fingerprint density at radius 2 is 2.00 bits per heavy atom. The van der Waals surface area contributed by atoms with Gasteiger partial charge >= 0.3 is 0 Å². The fourth-order valence-corrected chi connectivity index (χ4v) is 3.72. The molecule has 1 amide bonds. The summed E-state index contributed by atoms with van der Waals surface area (Å²) >= 11 is 0. The molecule has 0 unspecified atom stereocenters. The van der Waals surface area contributed by atoms with Crippen molar-refractivity contribution >= 4 is 28.4 Å². The highest BCUT2D eigenvalue weighted by atomic mass is 16.3. The van der Waals surface area contributed by atoms with Crippen LogP contribution in [0.3, 0.4) is 0 Å². The first-order valence-electron chi connectivity index (χ1n) is 9.38. The zero-order valence-electron chi connectivity index (χ0n) is 16.3. The summed E-state index contributed by atoms with van der Waals surface area (Å²) in [7, 11) is 3.81. The Labute approximate surface area is 168 Å². The van der Waals surface area contributed by atoms with Crippen LogP contribution in [0.5, 0.6) is 0 Å². The van der Waals surface area contributed by atoms with Crippen molar-refractivity contribution in [3.05, 3.63) is 71.7 Å². The smallest absolute Gasteiger partial charge is 0.295 e. The second kappa shape index (κ2) is 7.52. The summed E-state index contributed by atoms with van der Waals surface area (Å²) in [6, 6.07) is 10.4. The van der Waals surface area contributed by atoms with E-state index in [1.54, 1.807) is 24.7 Å². The number of likely N-dealkylation sites (N-methyl/N-ethyl adjacent to an activating group) is 1. The van der Waals surface area contributed by atoms with Crippen LogP contribution in [0.2, 0.25) is 0 Å². The molecule has 0 spiro atoms. The SMILES string of the molecule is CN(C)CCN1C(=O)C(=O)C(=C(O)c2c[nH]c3ccccc23)[C@H]1c1cccnc1. The van der Waals surface area contributed by atoms with Gasteiger partial charge in [-0.15, -0.1) is 0 Å². The average Bonchev–Trinajstić information content (AvgIpc) is 3.26. The molecule has 148 valence electrons. The normalized spacial score (nSPS) is 18.9. The lowest BCUT2D eigenvalue weighted by Crippen LogP contribution is -2.35. The predicted octanol–water partition coefficient (Wildman–Crippen LogP) is 2.55. The highest BCUT2D eigenvalue weighted by Crippen LogP contribution is 2.40. The van der Waals surface area contributed by atoms with Crippen LogP contribution in [-0.4, -0.2) is 63.7 Å². The number of aromatic amines is 1. The molecule has 1 atom stereocenters. The van der Waals surface area contributed by atoms with Gasteiger partial charge in [-0.1, -0.05) is 24.3 Å². The molecule has 1 aliphatic rings. The molecule has 0 radical (unpaired) electrons. The predicted molar refractivity (Wildman–Crippen MR) is 110 cm³/mol. The third kappa shape index (κ3) is 3.30. The van der Waals surface area contributed by atoms with Crippen LogP contribution in [0.1, 0.15) is 17.2 Å². The Balaban J connectivity index is 1.88. The van der Waals surface area contributed by atoms with E-state index in [-0.39, 0.29) is 11.3 Å². The maximum absolute atomic E-state index is 13.0. The van der Waals surface area contributed by atoms with Crippen LogP contribution in [0.25, 0.3) is 16.7 Å². The number of fused-ring (bicyclic) bond motifs is 1. The molecule has 1 aliphatic heterocycles. The number of likely N-dealkylation sites (tertiary alicyclic amines) is 1. The third-order valence-electron chi connectivity index (χ3n) is 5.17. The molecular formula is C22H22N4O3. The van der Waals surface area contributed by atoms with Crippen LogP contribution < -0.4 is 0 Å². The molecule has 4 rings (SSSR count). The lowest BCUT2D eigenvalue weighted by Gasteiger charge is -2.26. The Hall–Kier alpha value is -3.45. The molecule has 7 nitrogen and oxygen atoms in total. The molecule has 0 saturated carbocycles. The maximum atomic E-state index is 13.0. The molecule has 2 aromatic heterocycles. The summed E-state index contributed by atoms with van der Waals surface area (Å²) in [5.74, 6) is -1.47. The first-order chi connectivity index (χ1) is 14.0. The molecule has 1 aromatic carbocycles. The standard InChI is InChI=1S/C22H22N4O3/c1-25(2)10-11-26-19(14-6-5-9-23-12-14)18(21(28)22(26)29)20(27)16-13-24-17-8-4-3-7-15(16)17/h3-9,12-13,19,24,27H,10-11H2,1-2H3/t19-/m1/s1. The molecule has 2 N–H and O–H groups in total. The number of aliphatic hydroxyl groups is 1. The number of para-hydroxylation sites is 1. The minimum absolute atomic E-state index is 0.0894. The van der Waals surface area contributed by atoms with Gasteiger partial charge in [-0.25, -0.2) is 0 Å². The molecule has 29 heavy (non-hydrogen) atoms. The summed E-state index contributed by atoms with van der Waals surface area (Å²) in [5.41, 5.74) is 2.12. The molecule has 3 heterocycles. The monoisotopic (exact) mass is 390 g/mol. The van der Waals surface area contributed by atoms with Crippen molar-refractivity contribution < 1.29 is 14.7 Å². The van der Waals surface area contributed by atoms with E-state index in [4.69, 9.17) is 0 Å². The van der Waals surface area contributed by atoms with Crippen LogP contribution in [-0.2, 0) is 9.59 Å². The van der Waals surface area contributed by atoms with Gasteiger partial charge in [0.25, 0.3) is 11.7 Å². The number of hydrogen-bond donors (Lipinski definition) is 2. The van der Waals surface area contributed by atoms with Crippen molar-refractivity contribution in [2.24, 2.45) is 0 Å². The van der Waals surface area contributed by atoms with Gasteiger partial charge in [-0.2, -0.15) is 0 Å². The van der Waals surface area contributed by atoms with Gasteiger partial charge in [-0.05, 0) is 31.8 Å². The zero-order chi connectivity index (χ0) is 20.5. The number of hydrogen-bond acceptors (Lipinski definition) is 5. The summed E-state index contributed by atoms with van der Waals surface area (Å²) in [5, 5.41) is 11.9. The highest BCUT2D eigenvalue weighted by molar-refractivity contribution is 6.46. The van der Waals surface area contributed by atoms with Gasteiger partial charge in [0.15, 0.2) is 0 Å². The minimum atomic E-state index is -0.683. The number of nitrogens with zero attached hydrogens (tertiary/aromatic N) is 3. The molecule has 1 saturated heterocycles. The number of amides is 1. The average molecular weight is 390 g/mol. The number of nitrogens with one attached hydrogen (secondary N) is 1. The molecule has 1 fully saturated rings. The molecule has 0 bridgehead atoms. The number of aromatic nitrogens is 2. The van der Waals surface area contributed by atoms with Crippen LogP contribution in [0.15, 0.2) is 60.6 Å². The molecule has 7 heteroatoms. The number of H-pyrrole nitrogens is 1. The zero-order valence-corrected chi connectivity index (χ0v) is 16.3. The number of pyridine rings is 1. The van der Waals surface area contributed by atoms with E-state index >= 15 is 0 Å². The lowest BCUT2D eigenvalue weighted by molar-refractivity contribution is -0.140. The van der Waals surface area contributed by atoms with Crippen LogP contribution >= 0.6 is 0 Å². The summed E-state index contributed by atoms with van der Waals surface area (Å²) < 4.78 is 0. The summed E-state index contributed by atoms with van der Waals surface area (Å²) in [4.78, 5) is 36.5. The van der Waals surface area contributed by atoms with E-state index in [0.29, 0.717) is 24.2 Å². The highest BCUT2D eigenvalue weighted by Gasteiger charge is 2.46. The van der Waals surface area contributed by atoms with E-state index in [0.717, 1.165) is 10.9 Å². The van der Waals surface area contributed by atoms with E-state index in [9.17, 15) is 14.7 Å². The van der Waals surface area contributed by atoms with Gasteiger partial charge in [0.2, 0.25) is 0 Å². The maximum Gasteiger partial charge on any atom is 0.295 e. The van der Waals surface area contributed by atoms with Gasteiger partial charge in [-0.3, -0.25) is 14.6 Å². The minimum Gasteiger partial charge on any atom is -0.507 e. The van der Waals surface area contributed by atoms with Gasteiger partial charge < -0.3 is 19.9 Å². The summed E-state index contributed by atoms with van der Waals surface area (Å²) in [6.07, 6.45) is 4.92.